The van der Waals surface area contributed by atoms with Gasteiger partial charge in [0.05, 0.1) is 0 Å². The van der Waals surface area contributed by atoms with Gasteiger partial charge in [0.25, 0.3) is 0 Å². The summed E-state index contributed by atoms with van der Waals surface area (Å²) in [6.45, 7) is 3.56. The van der Waals surface area contributed by atoms with Crippen LogP contribution in [0.3, 0.4) is 0 Å². The summed E-state index contributed by atoms with van der Waals surface area (Å²) in [6.07, 6.45) is -0.0879. The molecule has 1 unspecified atom stereocenters. The fourth-order valence-corrected chi connectivity index (χ4v) is 3.77. The van der Waals surface area contributed by atoms with Gasteiger partial charge in [-0.2, -0.15) is 8.42 Å². The standard InChI is InChI=1S/C19H22N2O4S/c1-15-7-9-18(10-8-15)26(23,24)25-19(22)21(17-11-12-20-13-17)14-16-5-3-2-4-6-16/h2-10,17,20H,11-14H2,1H3. The molecule has 0 spiro atoms. The van der Waals surface area contributed by atoms with Crippen molar-refractivity contribution in [1.82, 2.24) is 10.2 Å². The second kappa shape index (κ2) is 7.88. The first-order valence-corrected chi connectivity index (χ1v) is 9.93. The number of nitrogens with zero attached hydrogens (tertiary/aromatic N) is 1. The minimum Gasteiger partial charge on any atom is -0.324 e. The summed E-state index contributed by atoms with van der Waals surface area (Å²) >= 11 is 0. The van der Waals surface area contributed by atoms with Crippen molar-refractivity contribution < 1.29 is 17.4 Å². The van der Waals surface area contributed by atoms with Crippen LogP contribution in [0.25, 0.3) is 0 Å². The third-order valence-corrected chi connectivity index (χ3v) is 5.61. The molecule has 0 aromatic heterocycles. The Balaban J connectivity index is 1.79. The lowest BCUT2D eigenvalue weighted by Crippen LogP contribution is -2.42. The third-order valence-electron chi connectivity index (χ3n) is 4.40. The Hall–Kier alpha value is -2.38. The van der Waals surface area contributed by atoms with Crippen molar-refractivity contribution in [2.24, 2.45) is 0 Å². The summed E-state index contributed by atoms with van der Waals surface area (Å²) in [4.78, 5) is 14.1. The molecule has 1 atom stereocenters. The van der Waals surface area contributed by atoms with Crippen LogP contribution in [-0.4, -0.2) is 38.5 Å². The third kappa shape index (κ3) is 4.42. The normalized spacial score (nSPS) is 17.0. The van der Waals surface area contributed by atoms with E-state index in [9.17, 15) is 13.2 Å². The van der Waals surface area contributed by atoms with Gasteiger partial charge in [-0.15, -0.1) is 0 Å². The van der Waals surface area contributed by atoms with E-state index in [4.69, 9.17) is 4.18 Å². The Morgan fingerprint density at radius 3 is 2.46 bits per heavy atom. The summed E-state index contributed by atoms with van der Waals surface area (Å²) in [7, 11) is -4.15. The van der Waals surface area contributed by atoms with Crippen molar-refractivity contribution in [3.05, 3.63) is 65.7 Å². The lowest BCUT2D eigenvalue weighted by molar-refractivity contribution is 0.133. The maximum absolute atomic E-state index is 12.7. The first kappa shape index (κ1) is 18.4. The van der Waals surface area contributed by atoms with Crippen LogP contribution < -0.4 is 5.32 Å². The number of rotatable bonds is 5. The summed E-state index contributed by atoms with van der Waals surface area (Å²) in [5.74, 6) is 0. The zero-order chi connectivity index (χ0) is 18.6. The summed E-state index contributed by atoms with van der Waals surface area (Å²) in [5.41, 5.74) is 1.85. The van der Waals surface area contributed by atoms with Crippen LogP contribution in [-0.2, 0) is 20.8 Å². The van der Waals surface area contributed by atoms with Gasteiger partial charge in [-0.1, -0.05) is 48.0 Å². The molecular weight excluding hydrogens is 352 g/mol. The Bertz CT molecular complexity index is 845. The largest absolute Gasteiger partial charge is 0.426 e. The molecule has 0 bridgehead atoms. The molecule has 2 aromatic carbocycles. The SMILES string of the molecule is Cc1ccc(S(=O)(=O)OC(=O)N(Cc2ccccc2)C2CCNC2)cc1. The van der Waals surface area contributed by atoms with E-state index >= 15 is 0 Å². The lowest BCUT2D eigenvalue weighted by atomic mass is 10.1. The minimum atomic E-state index is -4.15. The number of hydrogen-bond acceptors (Lipinski definition) is 5. The highest BCUT2D eigenvalue weighted by atomic mass is 32.2. The number of carbonyl (C=O) groups is 1. The fourth-order valence-electron chi connectivity index (χ4n) is 2.92. The number of aryl methyl sites for hydroxylation is 1. The molecule has 3 rings (SSSR count). The van der Waals surface area contributed by atoms with Gasteiger partial charge < -0.3 is 9.50 Å². The molecule has 2 aromatic rings. The van der Waals surface area contributed by atoms with E-state index in [1.165, 1.54) is 17.0 Å². The van der Waals surface area contributed by atoms with Gasteiger partial charge in [0.15, 0.2) is 0 Å². The van der Waals surface area contributed by atoms with E-state index in [2.05, 4.69) is 5.32 Å². The van der Waals surface area contributed by atoms with E-state index < -0.39 is 16.2 Å². The van der Waals surface area contributed by atoms with Gasteiger partial charge in [-0.25, -0.2) is 4.79 Å². The zero-order valence-electron chi connectivity index (χ0n) is 14.6. The topological polar surface area (TPSA) is 75.7 Å². The van der Waals surface area contributed by atoms with Crippen molar-refractivity contribution in [3.8, 4) is 0 Å². The molecule has 26 heavy (non-hydrogen) atoms. The van der Waals surface area contributed by atoms with Gasteiger partial charge in [0, 0.05) is 19.1 Å². The lowest BCUT2D eigenvalue weighted by Gasteiger charge is -2.27. The Morgan fingerprint density at radius 1 is 1.15 bits per heavy atom. The Kier molecular flexibility index (Phi) is 5.58. The van der Waals surface area contributed by atoms with E-state index in [1.807, 2.05) is 37.3 Å². The van der Waals surface area contributed by atoms with Crippen molar-refractivity contribution >= 4 is 16.2 Å². The van der Waals surface area contributed by atoms with Gasteiger partial charge in [-0.05, 0) is 37.6 Å². The highest BCUT2D eigenvalue weighted by molar-refractivity contribution is 7.87. The van der Waals surface area contributed by atoms with Crippen LogP contribution in [0.5, 0.6) is 0 Å². The monoisotopic (exact) mass is 374 g/mol. The molecule has 1 aliphatic heterocycles. The molecule has 1 saturated heterocycles. The molecule has 1 amide bonds. The van der Waals surface area contributed by atoms with Crippen LogP contribution >= 0.6 is 0 Å². The predicted octanol–water partition coefficient (Wildman–Crippen LogP) is 2.68. The molecule has 7 heteroatoms. The van der Waals surface area contributed by atoms with Gasteiger partial charge in [-0.3, -0.25) is 4.90 Å². The van der Waals surface area contributed by atoms with Crippen LogP contribution in [0.4, 0.5) is 4.79 Å². The number of nitrogens with one attached hydrogen (secondary N) is 1. The first-order valence-electron chi connectivity index (χ1n) is 8.52. The average Bonchev–Trinajstić information content (AvgIpc) is 3.15. The van der Waals surface area contributed by atoms with Crippen molar-refractivity contribution in [1.29, 1.82) is 0 Å². The first-order chi connectivity index (χ1) is 12.5. The van der Waals surface area contributed by atoms with Gasteiger partial charge in [0.2, 0.25) is 0 Å². The van der Waals surface area contributed by atoms with Crippen LogP contribution in [0.15, 0.2) is 59.5 Å². The predicted molar refractivity (Wildman–Crippen MR) is 98.1 cm³/mol. The highest BCUT2D eigenvalue weighted by Crippen LogP contribution is 2.19. The van der Waals surface area contributed by atoms with Crippen LogP contribution in [0.2, 0.25) is 0 Å². The van der Waals surface area contributed by atoms with Gasteiger partial charge >= 0.3 is 16.2 Å². The summed E-state index contributed by atoms with van der Waals surface area (Å²) < 4.78 is 29.8. The quantitative estimate of drug-likeness (QED) is 0.815. The van der Waals surface area contributed by atoms with E-state index in [-0.39, 0.29) is 10.9 Å². The van der Waals surface area contributed by atoms with Gasteiger partial charge in [0.1, 0.15) is 4.90 Å². The molecule has 138 valence electrons. The smallest absolute Gasteiger partial charge is 0.324 e. The second-order valence-corrected chi connectivity index (χ2v) is 7.92. The number of hydrogen-bond donors (Lipinski definition) is 1. The van der Waals surface area contributed by atoms with Crippen molar-refractivity contribution in [2.45, 2.75) is 30.8 Å². The fraction of sp³-hybridized carbons (Fsp3) is 0.316. The number of benzene rings is 2. The number of amides is 1. The molecule has 0 saturated carbocycles. The van der Waals surface area contributed by atoms with Crippen molar-refractivity contribution in [3.63, 3.8) is 0 Å². The Morgan fingerprint density at radius 2 is 1.85 bits per heavy atom. The minimum absolute atomic E-state index is 0.0272. The molecule has 1 heterocycles. The molecule has 0 aliphatic carbocycles. The molecule has 1 aliphatic rings. The highest BCUT2D eigenvalue weighted by Gasteiger charge is 2.31. The molecule has 6 nitrogen and oxygen atoms in total. The Labute approximate surface area is 153 Å². The van der Waals surface area contributed by atoms with Crippen LogP contribution in [0.1, 0.15) is 17.5 Å². The maximum Gasteiger partial charge on any atom is 0.426 e. The zero-order valence-corrected chi connectivity index (χ0v) is 15.4. The van der Waals surface area contributed by atoms with Crippen LogP contribution in [0, 0.1) is 6.92 Å². The maximum atomic E-state index is 12.7. The average molecular weight is 374 g/mol. The summed E-state index contributed by atoms with van der Waals surface area (Å²) in [5, 5.41) is 3.20. The van der Waals surface area contributed by atoms with E-state index in [1.54, 1.807) is 12.1 Å². The molecule has 1 N–H and O–H groups in total. The number of carbonyl (C=O) groups excluding carboxylic acids is 1. The molecule has 0 radical (unpaired) electrons. The van der Waals surface area contributed by atoms with E-state index in [0.29, 0.717) is 13.1 Å². The molecule has 1 fully saturated rings. The van der Waals surface area contributed by atoms with E-state index in [0.717, 1.165) is 24.1 Å². The van der Waals surface area contributed by atoms with Crippen molar-refractivity contribution in [2.75, 3.05) is 13.1 Å². The second-order valence-electron chi connectivity index (χ2n) is 6.38. The summed E-state index contributed by atoms with van der Waals surface area (Å²) in [6, 6.07) is 15.6. The molecular formula is C19H22N2O4S.